The Bertz CT molecular complexity index is 606. The molecule has 2 heterocycles. The van der Waals surface area contributed by atoms with E-state index in [2.05, 4.69) is 19.9 Å². The predicted octanol–water partition coefficient (Wildman–Crippen LogP) is 0.304. The van der Waals surface area contributed by atoms with Crippen LogP contribution in [0.4, 0.5) is 5.82 Å². The average Bonchev–Trinajstić information content (AvgIpc) is 2.90. The van der Waals surface area contributed by atoms with E-state index in [0.717, 1.165) is 22.3 Å². The summed E-state index contributed by atoms with van der Waals surface area (Å²) in [5.74, 6) is 1.26. The fourth-order valence-electron chi connectivity index (χ4n) is 2.54. The zero-order chi connectivity index (χ0) is 16.1. The monoisotopic (exact) mass is 325 g/mol. The Morgan fingerprint density at radius 1 is 1.45 bits per heavy atom. The first kappa shape index (κ1) is 17.0. The van der Waals surface area contributed by atoms with Gasteiger partial charge in [0.15, 0.2) is 5.82 Å². The Balaban J connectivity index is 2.06. The molecule has 0 bridgehead atoms. The number of nitrogens with zero attached hydrogens (tertiary/aromatic N) is 3. The maximum atomic E-state index is 9.90. The van der Waals surface area contributed by atoms with Gasteiger partial charge in [0.2, 0.25) is 0 Å². The van der Waals surface area contributed by atoms with Crippen molar-refractivity contribution in [3.8, 4) is 0 Å². The summed E-state index contributed by atoms with van der Waals surface area (Å²) in [6.45, 7) is 1.16. The van der Waals surface area contributed by atoms with E-state index in [1.54, 1.807) is 11.8 Å². The third-order valence-corrected chi connectivity index (χ3v) is 4.43. The maximum absolute atomic E-state index is 9.90. The summed E-state index contributed by atoms with van der Waals surface area (Å²) in [4.78, 5) is 13.5. The average molecular weight is 325 g/mol. The molecule has 0 saturated carbocycles. The molecule has 0 spiro atoms. The van der Waals surface area contributed by atoms with Crippen LogP contribution in [0.2, 0.25) is 0 Å². The molecule has 0 radical (unpaired) electrons. The largest absolute Gasteiger partial charge is 0.394 e. The van der Waals surface area contributed by atoms with Crippen molar-refractivity contribution >= 4 is 28.6 Å². The Hall–Kier alpha value is -1.35. The molecule has 5 N–H and O–H groups in total. The molecule has 2 atom stereocenters. The summed E-state index contributed by atoms with van der Waals surface area (Å²) < 4.78 is 0. The van der Waals surface area contributed by atoms with Crippen molar-refractivity contribution in [2.75, 3.05) is 37.9 Å². The molecule has 0 saturated heterocycles. The third kappa shape index (κ3) is 3.89. The van der Waals surface area contributed by atoms with Gasteiger partial charge in [-0.1, -0.05) is 0 Å². The van der Waals surface area contributed by atoms with E-state index in [1.165, 1.54) is 6.33 Å². The fourth-order valence-corrected chi connectivity index (χ4v) is 3.29. The number of aromatic nitrogens is 3. The first-order chi connectivity index (χ1) is 10.6. The van der Waals surface area contributed by atoms with Crippen LogP contribution in [0.15, 0.2) is 12.5 Å². The molecule has 0 amide bonds. The number of hydrogen-bond acceptors (Lipinski definition) is 7. The van der Waals surface area contributed by atoms with Crippen molar-refractivity contribution in [1.82, 2.24) is 19.9 Å². The minimum atomic E-state index is -0.698. The summed E-state index contributed by atoms with van der Waals surface area (Å²) in [5.41, 5.74) is 8.43. The highest BCUT2D eigenvalue weighted by atomic mass is 32.2. The second kappa shape index (κ2) is 7.77. The lowest BCUT2D eigenvalue weighted by atomic mass is 10.0. The standard InChI is InChI=1S/C14H23N5O2S/c1-19(5-10(7-22-2)11(21)6-20)4-9-3-16-13-12(9)17-8-18-14(13)15/h3,8,10-11,16,20-21H,4-7H2,1-2H3,(H2,15,17,18)/t10-,11+/m1/s1. The number of aliphatic hydroxyl groups excluding tert-OH is 2. The molecule has 8 heteroatoms. The van der Waals surface area contributed by atoms with E-state index in [-0.39, 0.29) is 12.5 Å². The zero-order valence-electron chi connectivity index (χ0n) is 12.9. The van der Waals surface area contributed by atoms with Gasteiger partial charge >= 0.3 is 0 Å². The number of H-pyrrole nitrogens is 1. The third-order valence-electron chi connectivity index (χ3n) is 3.67. The predicted molar refractivity (Wildman–Crippen MR) is 89.6 cm³/mol. The summed E-state index contributed by atoms with van der Waals surface area (Å²) in [6, 6.07) is 0. The normalized spacial score (nSPS) is 14.6. The summed E-state index contributed by atoms with van der Waals surface area (Å²) >= 11 is 1.67. The van der Waals surface area contributed by atoms with Crippen LogP contribution in [0.3, 0.4) is 0 Å². The van der Waals surface area contributed by atoms with Crippen LogP contribution in [0, 0.1) is 5.92 Å². The number of hydrogen-bond donors (Lipinski definition) is 4. The quantitative estimate of drug-likeness (QED) is 0.552. The van der Waals surface area contributed by atoms with Gasteiger partial charge in [-0.2, -0.15) is 11.8 Å². The van der Waals surface area contributed by atoms with Gasteiger partial charge in [-0.15, -0.1) is 0 Å². The number of aromatic amines is 1. The number of thioether (sulfide) groups is 1. The first-order valence-electron chi connectivity index (χ1n) is 7.09. The van der Waals surface area contributed by atoms with E-state index < -0.39 is 6.10 Å². The van der Waals surface area contributed by atoms with Crippen LogP contribution in [0.25, 0.3) is 11.0 Å². The fraction of sp³-hybridized carbons (Fsp3) is 0.571. The highest BCUT2D eigenvalue weighted by molar-refractivity contribution is 7.98. The van der Waals surface area contributed by atoms with Gasteiger partial charge in [-0.25, -0.2) is 9.97 Å². The molecule has 2 aromatic rings. The Morgan fingerprint density at radius 2 is 2.23 bits per heavy atom. The van der Waals surface area contributed by atoms with Crippen LogP contribution in [0.1, 0.15) is 5.56 Å². The van der Waals surface area contributed by atoms with E-state index in [1.807, 2.05) is 19.5 Å². The molecule has 0 aromatic carbocycles. The van der Waals surface area contributed by atoms with Crippen molar-refractivity contribution in [1.29, 1.82) is 0 Å². The van der Waals surface area contributed by atoms with Gasteiger partial charge < -0.3 is 25.8 Å². The van der Waals surface area contributed by atoms with Gasteiger partial charge in [0.25, 0.3) is 0 Å². The highest BCUT2D eigenvalue weighted by Crippen LogP contribution is 2.21. The summed E-state index contributed by atoms with van der Waals surface area (Å²) in [7, 11) is 1.99. The van der Waals surface area contributed by atoms with Crippen LogP contribution in [-0.2, 0) is 6.54 Å². The molecule has 22 heavy (non-hydrogen) atoms. The second-order valence-electron chi connectivity index (χ2n) is 5.46. The lowest BCUT2D eigenvalue weighted by Gasteiger charge is -2.26. The number of anilines is 1. The lowest BCUT2D eigenvalue weighted by Crippen LogP contribution is -2.36. The van der Waals surface area contributed by atoms with E-state index >= 15 is 0 Å². The second-order valence-corrected chi connectivity index (χ2v) is 6.37. The molecule has 0 unspecified atom stereocenters. The highest BCUT2D eigenvalue weighted by Gasteiger charge is 2.20. The van der Waals surface area contributed by atoms with Gasteiger partial charge in [0.05, 0.1) is 18.2 Å². The number of fused-ring (bicyclic) bond motifs is 1. The SMILES string of the molecule is CSC[C@@H](CN(C)Cc1c[nH]c2c(N)ncnc12)[C@@H](O)CO. The number of nitrogen functional groups attached to an aromatic ring is 1. The molecule has 0 fully saturated rings. The van der Waals surface area contributed by atoms with Crippen molar-refractivity contribution in [3.05, 3.63) is 18.1 Å². The number of aliphatic hydroxyl groups is 2. The van der Waals surface area contributed by atoms with Gasteiger partial charge in [-0.05, 0) is 19.1 Å². The van der Waals surface area contributed by atoms with Gasteiger partial charge in [0.1, 0.15) is 11.8 Å². The molecule has 2 aromatic heterocycles. The van der Waals surface area contributed by atoms with Crippen molar-refractivity contribution < 1.29 is 10.2 Å². The smallest absolute Gasteiger partial charge is 0.151 e. The van der Waals surface area contributed by atoms with E-state index in [4.69, 9.17) is 10.8 Å². The van der Waals surface area contributed by atoms with Crippen LogP contribution in [-0.4, -0.2) is 68.4 Å². The van der Waals surface area contributed by atoms with Gasteiger partial charge in [-0.3, -0.25) is 0 Å². The Kier molecular flexibility index (Phi) is 6.01. The minimum absolute atomic E-state index is 0.0231. The first-order valence-corrected chi connectivity index (χ1v) is 8.49. The van der Waals surface area contributed by atoms with Crippen LogP contribution >= 0.6 is 11.8 Å². The topological polar surface area (TPSA) is 111 Å². The molecule has 7 nitrogen and oxygen atoms in total. The van der Waals surface area contributed by atoms with Crippen LogP contribution < -0.4 is 5.73 Å². The molecule has 0 aliphatic rings. The van der Waals surface area contributed by atoms with Crippen molar-refractivity contribution in [2.24, 2.45) is 5.92 Å². The summed E-state index contributed by atoms with van der Waals surface area (Å²) in [5, 5.41) is 19.1. The van der Waals surface area contributed by atoms with Crippen LogP contribution in [0.5, 0.6) is 0 Å². The zero-order valence-corrected chi connectivity index (χ0v) is 13.7. The molecule has 0 aliphatic heterocycles. The number of nitrogens with two attached hydrogens (primary N) is 1. The maximum Gasteiger partial charge on any atom is 0.151 e. The minimum Gasteiger partial charge on any atom is -0.394 e. The molecule has 0 aliphatic carbocycles. The molecular weight excluding hydrogens is 302 g/mol. The molecule has 2 rings (SSSR count). The number of rotatable bonds is 8. The summed E-state index contributed by atoms with van der Waals surface area (Å²) in [6.07, 6.45) is 4.64. The van der Waals surface area contributed by atoms with Crippen molar-refractivity contribution in [3.63, 3.8) is 0 Å². The lowest BCUT2D eigenvalue weighted by molar-refractivity contribution is 0.0423. The van der Waals surface area contributed by atoms with Gasteiger partial charge in [0, 0.05) is 30.8 Å². The van der Waals surface area contributed by atoms with E-state index in [0.29, 0.717) is 18.9 Å². The Morgan fingerprint density at radius 3 is 2.91 bits per heavy atom. The number of nitrogens with one attached hydrogen (secondary N) is 1. The molecular formula is C14H23N5O2S. The van der Waals surface area contributed by atoms with Crippen molar-refractivity contribution in [2.45, 2.75) is 12.6 Å². The van der Waals surface area contributed by atoms with E-state index in [9.17, 15) is 5.11 Å². The Labute approximate surface area is 133 Å². The molecule has 122 valence electrons.